The molecule has 3 aliphatic carbocycles. The second-order valence-electron chi connectivity index (χ2n) is 8.97. The van der Waals surface area contributed by atoms with E-state index >= 15 is 0 Å². The summed E-state index contributed by atoms with van der Waals surface area (Å²) in [6.07, 6.45) is 4.53. The van der Waals surface area contributed by atoms with E-state index < -0.39 is 0 Å². The molecular weight excluding hydrogens is 318 g/mol. The molecule has 4 unspecified atom stereocenters. The molecule has 2 bridgehead atoms. The number of hydrogen-bond acceptors (Lipinski definition) is 4. The van der Waals surface area contributed by atoms with E-state index in [2.05, 4.69) is 5.32 Å². The minimum Gasteiger partial charge on any atom is -0.455 e. The second kappa shape index (κ2) is 5.70. The zero-order chi connectivity index (χ0) is 17.9. The van der Waals surface area contributed by atoms with Gasteiger partial charge >= 0.3 is 0 Å². The summed E-state index contributed by atoms with van der Waals surface area (Å²) < 4.78 is 5.87. The number of furan rings is 1. The molecule has 5 heteroatoms. The van der Waals surface area contributed by atoms with E-state index in [1.807, 2.05) is 13.8 Å². The molecule has 3 aliphatic rings. The molecule has 2 N–H and O–H groups in total. The van der Waals surface area contributed by atoms with Crippen molar-refractivity contribution in [3.8, 4) is 0 Å². The van der Waals surface area contributed by atoms with Crippen LogP contribution in [0, 0.1) is 30.1 Å². The van der Waals surface area contributed by atoms with E-state index in [1.165, 1.54) is 0 Å². The van der Waals surface area contributed by atoms with Crippen LogP contribution in [0.15, 0.2) is 4.42 Å². The highest BCUT2D eigenvalue weighted by Crippen LogP contribution is 2.48. The zero-order valence-electron chi connectivity index (χ0n) is 15.2. The van der Waals surface area contributed by atoms with Gasteiger partial charge in [-0.05, 0) is 43.4 Å². The molecule has 0 radical (unpaired) electrons. The van der Waals surface area contributed by atoms with Crippen LogP contribution in [0.3, 0.4) is 0 Å². The molecular formula is C20H27NO4. The van der Waals surface area contributed by atoms with E-state index in [0.717, 1.165) is 19.3 Å². The van der Waals surface area contributed by atoms with Gasteiger partial charge < -0.3 is 14.8 Å². The van der Waals surface area contributed by atoms with E-state index in [4.69, 9.17) is 4.42 Å². The van der Waals surface area contributed by atoms with Crippen molar-refractivity contribution in [2.75, 3.05) is 6.61 Å². The Balaban J connectivity index is 1.59. The van der Waals surface area contributed by atoms with Crippen molar-refractivity contribution in [2.45, 2.75) is 58.9 Å². The van der Waals surface area contributed by atoms with Crippen LogP contribution in [0.1, 0.15) is 71.8 Å². The fraction of sp³-hybridized carbons (Fsp3) is 0.700. The Morgan fingerprint density at radius 1 is 1.28 bits per heavy atom. The zero-order valence-corrected chi connectivity index (χ0v) is 15.2. The molecule has 2 fully saturated rings. The molecule has 4 atom stereocenters. The fourth-order valence-electron chi connectivity index (χ4n) is 5.41. The average Bonchev–Trinajstić information content (AvgIpc) is 3.19. The lowest BCUT2D eigenvalue weighted by Crippen LogP contribution is -2.45. The number of ketones is 1. The summed E-state index contributed by atoms with van der Waals surface area (Å²) in [5.41, 5.74) is 1.14. The first kappa shape index (κ1) is 16.8. The maximum Gasteiger partial charge on any atom is 0.287 e. The highest BCUT2D eigenvalue weighted by molar-refractivity contribution is 6.03. The maximum atomic E-state index is 12.8. The first-order valence-electron chi connectivity index (χ1n) is 9.38. The minimum atomic E-state index is -0.242. The summed E-state index contributed by atoms with van der Waals surface area (Å²) in [5, 5.41) is 12.8. The number of aliphatic hydroxyl groups is 1. The van der Waals surface area contributed by atoms with Gasteiger partial charge in [0.15, 0.2) is 11.5 Å². The highest BCUT2D eigenvalue weighted by Gasteiger charge is 2.48. The van der Waals surface area contributed by atoms with Gasteiger partial charge in [-0.1, -0.05) is 13.8 Å². The molecule has 4 rings (SSSR count). The van der Waals surface area contributed by atoms with Crippen molar-refractivity contribution in [1.29, 1.82) is 0 Å². The van der Waals surface area contributed by atoms with Crippen LogP contribution in [0.2, 0.25) is 0 Å². The molecule has 1 amide bonds. The van der Waals surface area contributed by atoms with Gasteiger partial charge in [-0.25, -0.2) is 0 Å². The third-order valence-corrected chi connectivity index (χ3v) is 6.58. The highest BCUT2D eigenvalue weighted by atomic mass is 16.4. The van der Waals surface area contributed by atoms with Crippen molar-refractivity contribution >= 4 is 11.7 Å². The monoisotopic (exact) mass is 345 g/mol. The smallest absolute Gasteiger partial charge is 0.287 e. The average molecular weight is 345 g/mol. The Hall–Kier alpha value is -1.62. The van der Waals surface area contributed by atoms with E-state index in [0.29, 0.717) is 41.6 Å². The molecule has 0 aliphatic heterocycles. The Bertz CT molecular complexity index is 732. The summed E-state index contributed by atoms with van der Waals surface area (Å²) in [6.45, 7) is 6.02. The van der Waals surface area contributed by atoms with Gasteiger partial charge in [0.05, 0.1) is 5.56 Å². The second-order valence-corrected chi connectivity index (χ2v) is 8.97. The summed E-state index contributed by atoms with van der Waals surface area (Å²) in [7, 11) is 0. The predicted molar refractivity (Wildman–Crippen MR) is 92.5 cm³/mol. The molecule has 5 nitrogen and oxygen atoms in total. The summed E-state index contributed by atoms with van der Waals surface area (Å²) in [6, 6.07) is 0.0184. The van der Waals surface area contributed by atoms with E-state index in [-0.39, 0.29) is 41.4 Å². The van der Waals surface area contributed by atoms with Gasteiger partial charge in [-0.3, -0.25) is 9.59 Å². The van der Waals surface area contributed by atoms with Crippen molar-refractivity contribution < 1.29 is 19.1 Å². The number of nitrogens with one attached hydrogen (secondary N) is 1. The quantitative estimate of drug-likeness (QED) is 0.883. The number of carbonyl (C=O) groups is 2. The molecule has 1 heterocycles. The van der Waals surface area contributed by atoms with Crippen LogP contribution < -0.4 is 5.32 Å². The first-order chi connectivity index (χ1) is 11.8. The van der Waals surface area contributed by atoms with Gasteiger partial charge in [0.25, 0.3) is 5.91 Å². The lowest BCUT2D eigenvalue weighted by Gasteiger charge is -2.30. The number of aliphatic hydroxyl groups excluding tert-OH is 1. The van der Waals surface area contributed by atoms with Crippen LogP contribution in [-0.4, -0.2) is 29.4 Å². The van der Waals surface area contributed by atoms with Crippen molar-refractivity contribution in [2.24, 2.45) is 23.2 Å². The molecule has 2 saturated carbocycles. The largest absolute Gasteiger partial charge is 0.455 e. The number of hydrogen-bond donors (Lipinski definition) is 2. The molecule has 136 valence electrons. The number of rotatable bonds is 3. The SMILES string of the molecule is Cc1c(C(=O)NC2C3CCC(C3)C2CO)oc2c1C(=O)CC(C)(C)C2. The lowest BCUT2D eigenvalue weighted by atomic mass is 9.76. The van der Waals surface area contributed by atoms with Crippen LogP contribution in [0.25, 0.3) is 0 Å². The van der Waals surface area contributed by atoms with E-state index in [1.54, 1.807) is 6.92 Å². The summed E-state index contributed by atoms with van der Waals surface area (Å²) in [5.74, 6) is 1.87. The van der Waals surface area contributed by atoms with Gasteiger partial charge in [0.1, 0.15) is 5.76 Å². The predicted octanol–water partition coefficient (Wildman–Crippen LogP) is 2.88. The van der Waals surface area contributed by atoms with Crippen molar-refractivity contribution in [1.82, 2.24) is 5.32 Å². The number of Topliss-reactive ketones (excluding diaryl/α,β-unsaturated/α-hetero) is 1. The lowest BCUT2D eigenvalue weighted by molar-refractivity contribution is 0.0825. The van der Waals surface area contributed by atoms with Crippen molar-refractivity contribution in [3.63, 3.8) is 0 Å². The molecule has 1 aromatic heterocycles. The third kappa shape index (κ3) is 2.64. The Morgan fingerprint density at radius 3 is 2.72 bits per heavy atom. The van der Waals surface area contributed by atoms with Gasteiger partial charge in [0.2, 0.25) is 0 Å². The van der Waals surface area contributed by atoms with Gasteiger partial charge in [0, 0.05) is 37.0 Å². The number of amides is 1. The molecule has 0 aromatic carbocycles. The standard InChI is InChI=1S/C20H27NO4/c1-10-16-14(23)7-20(2,3)8-15(16)25-18(10)19(24)21-17-12-5-4-11(6-12)13(17)9-22/h11-13,17,22H,4-9H2,1-3H3,(H,21,24). The Kier molecular flexibility index (Phi) is 3.83. The molecule has 0 saturated heterocycles. The van der Waals surface area contributed by atoms with Crippen LogP contribution in [-0.2, 0) is 6.42 Å². The Morgan fingerprint density at radius 2 is 2.00 bits per heavy atom. The third-order valence-electron chi connectivity index (χ3n) is 6.58. The van der Waals surface area contributed by atoms with Gasteiger partial charge in [-0.15, -0.1) is 0 Å². The molecule has 0 spiro atoms. The topological polar surface area (TPSA) is 79.5 Å². The van der Waals surface area contributed by atoms with Crippen LogP contribution in [0.5, 0.6) is 0 Å². The van der Waals surface area contributed by atoms with E-state index in [9.17, 15) is 14.7 Å². The maximum absolute atomic E-state index is 12.8. The van der Waals surface area contributed by atoms with Gasteiger partial charge in [-0.2, -0.15) is 0 Å². The number of carbonyl (C=O) groups excluding carboxylic acids is 2. The normalized spacial score (nSPS) is 32.7. The Labute approximate surface area is 148 Å². The minimum absolute atomic E-state index is 0.0184. The van der Waals surface area contributed by atoms with Crippen LogP contribution >= 0.6 is 0 Å². The first-order valence-corrected chi connectivity index (χ1v) is 9.38. The summed E-state index contributed by atoms with van der Waals surface area (Å²) >= 11 is 0. The molecule has 1 aromatic rings. The summed E-state index contributed by atoms with van der Waals surface area (Å²) in [4.78, 5) is 25.3. The fourth-order valence-corrected chi connectivity index (χ4v) is 5.41. The number of fused-ring (bicyclic) bond motifs is 3. The van der Waals surface area contributed by atoms with Crippen molar-refractivity contribution in [3.05, 3.63) is 22.6 Å². The molecule has 25 heavy (non-hydrogen) atoms. The van der Waals surface area contributed by atoms with Crippen LogP contribution in [0.4, 0.5) is 0 Å².